The molecule has 1 atom stereocenters. The lowest BCUT2D eigenvalue weighted by Gasteiger charge is -2.25. The zero-order chi connectivity index (χ0) is 12.1. The van der Waals surface area contributed by atoms with Crippen LogP contribution in [0, 0.1) is 0 Å². The average Bonchev–Trinajstić information content (AvgIpc) is 2.85. The van der Waals surface area contributed by atoms with E-state index in [0.717, 1.165) is 18.8 Å². The molecular formula is C15H20N2. The van der Waals surface area contributed by atoms with Crippen LogP contribution in [0.3, 0.4) is 0 Å². The predicted octanol–water partition coefficient (Wildman–Crippen LogP) is 2.90. The summed E-state index contributed by atoms with van der Waals surface area (Å²) in [5.74, 6) is 0. The van der Waals surface area contributed by atoms with Crippen molar-refractivity contribution in [1.82, 2.24) is 10.2 Å². The van der Waals surface area contributed by atoms with Crippen LogP contribution in [0.1, 0.15) is 18.4 Å². The van der Waals surface area contributed by atoms with Gasteiger partial charge in [0.05, 0.1) is 6.04 Å². The van der Waals surface area contributed by atoms with E-state index in [0.29, 0.717) is 6.04 Å². The van der Waals surface area contributed by atoms with Gasteiger partial charge in [-0.3, -0.25) is 0 Å². The lowest BCUT2D eigenvalue weighted by Crippen LogP contribution is -2.31. The minimum atomic E-state index is 0.413. The summed E-state index contributed by atoms with van der Waals surface area (Å²) < 4.78 is 0. The second-order valence-corrected chi connectivity index (χ2v) is 4.44. The summed E-state index contributed by atoms with van der Waals surface area (Å²) in [6.45, 7) is 9.95. The molecular weight excluding hydrogens is 208 g/mol. The second-order valence-electron chi connectivity index (χ2n) is 4.44. The van der Waals surface area contributed by atoms with Gasteiger partial charge in [-0.05, 0) is 24.6 Å². The van der Waals surface area contributed by atoms with Crippen LogP contribution in [-0.2, 0) is 6.54 Å². The number of hydrogen-bond acceptors (Lipinski definition) is 2. The third-order valence-corrected chi connectivity index (χ3v) is 3.29. The van der Waals surface area contributed by atoms with Crippen molar-refractivity contribution in [3.05, 3.63) is 61.0 Å². The van der Waals surface area contributed by atoms with E-state index in [-0.39, 0.29) is 0 Å². The molecule has 90 valence electrons. The topological polar surface area (TPSA) is 15.3 Å². The van der Waals surface area contributed by atoms with Gasteiger partial charge in [-0.15, -0.1) is 0 Å². The molecule has 1 saturated heterocycles. The van der Waals surface area contributed by atoms with Crippen LogP contribution in [0.4, 0.5) is 0 Å². The predicted molar refractivity (Wildman–Crippen MR) is 72.3 cm³/mol. The fourth-order valence-corrected chi connectivity index (χ4v) is 2.31. The minimum Gasteiger partial charge on any atom is -0.383 e. The highest BCUT2D eigenvalue weighted by molar-refractivity contribution is 5.16. The van der Waals surface area contributed by atoms with Gasteiger partial charge in [-0.1, -0.05) is 43.5 Å². The van der Waals surface area contributed by atoms with Gasteiger partial charge < -0.3 is 10.2 Å². The molecule has 1 N–H and O–H groups in total. The van der Waals surface area contributed by atoms with E-state index in [9.17, 15) is 0 Å². The van der Waals surface area contributed by atoms with Crippen molar-refractivity contribution in [2.45, 2.75) is 25.4 Å². The lowest BCUT2D eigenvalue weighted by atomic mass is 10.1. The van der Waals surface area contributed by atoms with E-state index in [4.69, 9.17) is 0 Å². The smallest absolute Gasteiger partial charge is 0.0677 e. The van der Waals surface area contributed by atoms with E-state index in [2.05, 4.69) is 47.6 Å². The quantitative estimate of drug-likeness (QED) is 0.833. The lowest BCUT2D eigenvalue weighted by molar-refractivity contribution is 0.375. The molecule has 1 aromatic rings. The molecule has 1 aliphatic heterocycles. The molecule has 1 aliphatic rings. The third kappa shape index (κ3) is 2.90. The summed E-state index contributed by atoms with van der Waals surface area (Å²) in [5.41, 5.74) is 2.39. The Morgan fingerprint density at radius 3 is 2.88 bits per heavy atom. The van der Waals surface area contributed by atoms with Gasteiger partial charge >= 0.3 is 0 Å². The van der Waals surface area contributed by atoms with Crippen LogP contribution < -0.4 is 5.32 Å². The van der Waals surface area contributed by atoms with Crippen molar-refractivity contribution in [1.29, 1.82) is 0 Å². The first-order valence-electron chi connectivity index (χ1n) is 6.16. The standard InChI is InChI=1S/C15H20N2/c1-3-17-11-7-10-15(17)13(2)16-12-14-8-5-4-6-9-14/h3-6,8-9,15-16H,1-2,7,10-12H2. The highest BCUT2D eigenvalue weighted by atomic mass is 15.2. The molecule has 1 aromatic carbocycles. The van der Waals surface area contributed by atoms with Crippen LogP contribution in [-0.4, -0.2) is 17.5 Å². The summed E-state index contributed by atoms with van der Waals surface area (Å²) >= 11 is 0. The summed E-state index contributed by atoms with van der Waals surface area (Å²) in [5, 5.41) is 3.42. The van der Waals surface area contributed by atoms with Crippen molar-refractivity contribution < 1.29 is 0 Å². The molecule has 1 fully saturated rings. The monoisotopic (exact) mass is 228 g/mol. The Morgan fingerprint density at radius 2 is 2.18 bits per heavy atom. The molecule has 17 heavy (non-hydrogen) atoms. The van der Waals surface area contributed by atoms with E-state index in [1.54, 1.807) is 0 Å². The van der Waals surface area contributed by atoms with Gasteiger partial charge in [0, 0.05) is 18.8 Å². The van der Waals surface area contributed by atoms with Crippen LogP contribution in [0.5, 0.6) is 0 Å². The van der Waals surface area contributed by atoms with E-state index in [1.807, 2.05) is 12.3 Å². The van der Waals surface area contributed by atoms with Crippen molar-refractivity contribution >= 4 is 0 Å². The summed E-state index contributed by atoms with van der Waals surface area (Å²) in [6.07, 6.45) is 4.32. The van der Waals surface area contributed by atoms with Gasteiger partial charge in [0.2, 0.25) is 0 Å². The Kier molecular flexibility index (Phi) is 3.86. The molecule has 0 spiro atoms. The maximum Gasteiger partial charge on any atom is 0.0677 e. The zero-order valence-electron chi connectivity index (χ0n) is 10.2. The largest absolute Gasteiger partial charge is 0.383 e. The fraction of sp³-hybridized carbons (Fsp3) is 0.333. The SMILES string of the molecule is C=CN1CCCC1C(=C)NCc1ccccc1. The molecule has 1 unspecified atom stereocenters. The van der Waals surface area contributed by atoms with Gasteiger partial charge in [0.15, 0.2) is 0 Å². The van der Waals surface area contributed by atoms with E-state index in [1.165, 1.54) is 18.4 Å². The highest BCUT2D eigenvalue weighted by Gasteiger charge is 2.23. The van der Waals surface area contributed by atoms with Crippen molar-refractivity contribution in [3.63, 3.8) is 0 Å². The van der Waals surface area contributed by atoms with Gasteiger partial charge in [0.1, 0.15) is 0 Å². The average molecular weight is 228 g/mol. The first-order chi connectivity index (χ1) is 8.31. The molecule has 1 heterocycles. The summed E-state index contributed by atoms with van der Waals surface area (Å²) in [7, 11) is 0. The molecule has 2 nitrogen and oxygen atoms in total. The molecule has 0 bridgehead atoms. The Morgan fingerprint density at radius 1 is 1.41 bits per heavy atom. The Balaban J connectivity index is 1.87. The van der Waals surface area contributed by atoms with Crippen molar-refractivity contribution in [3.8, 4) is 0 Å². The van der Waals surface area contributed by atoms with Gasteiger partial charge in [-0.25, -0.2) is 0 Å². The van der Waals surface area contributed by atoms with Crippen LogP contribution in [0.25, 0.3) is 0 Å². The van der Waals surface area contributed by atoms with E-state index < -0.39 is 0 Å². The first kappa shape index (κ1) is 11.8. The number of benzene rings is 1. The molecule has 0 aromatic heterocycles. The number of nitrogens with one attached hydrogen (secondary N) is 1. The molecule has 0 saturated carbocycles. The normalized spacial score (nSPS) is 19.1. The van der Waals surface area contributed by atoms with Crippen molar-refractivity contribution in [2.24, 2.45) is 0 Å². The van der Waals surface area contributed by atoms with Crippen LogP contribution >= 0.6 is 0 Å². The van der Waals surface area contributed by atoms with Gasteiger partial charge in [0.25, 0.3) is 0 Å². The van der Waals surface area contributed by atoms with Crippen LogP contribution in [0.15, 0.2) is 55.4 Å². The molecule has 2 rings (SSSR count). The molecule has 2 heteroatoms. The van der Waals surface area contributed by atoms with Crippen molar-refractivity contribution in [2.75, 3.05) is 6.54 Å². The minimum absolute atomic E-state index is 0.413. The number of hydrogen-bond donors (Lipinski definition) is 1. The molecule has 0 amide bonds. The summed E-state index contributed by atoms with van der Waals surface area (Å²) in [4.78, 5) is 2.26. The Bertz CT molecular complexity index is 383. The van der Waals surface area contributed by atoms with Gasteiger partial charge in [-0.2, -0.15) is 0 Å². The number of rotatable bonds is 5. The molecule has 0 radical (unpaired) electrons. The van der Waals surface area contributed by atoms with Crippen LogP contribution in [0.2, 0.25) is 0 Å². The number of likely N-dealkylation sites (tertiary alicyclic amines) is 1. The zero-order valence-corrected chi connectivity index (χ0v) is 10.2. The fourth-order valence-electron chi connectivity index (χ4n) is 2.31. The highest BCUT2D eigenvalue weighted by Crippen LogP contribution is 2.21. The maximum absolute atomic E-state index is 4.15. The second kappa shape index (κ2) is 5.58. The Labute approximate surface area is 104 Å². The summed E-state index contributed by atoms with van der Waals surface area (Å²) in [6, 6.07) is 10.8. The first-order valence-corrected chi connectivity index (χ1v) is 6.16. The number of nitrogens with zero attached hydrogens (tertiary/aromatic N) is 1. The third-order valence-electron chi connectivity index (χ3n) is 3.29. The Hall–Kier alpha value is -1.70. The maximum atomic E-state index is 4.15. The molecule has 0 aliphatic carbocycles. The van der Waals surface area contributed by atoms with E-state index >= 15 is 0 Å².